The smallest absolute Gasteiger partial charge is 0.188 e. The first kappa shape index (κ1) is 19.7. The Morgan fingerprint density at radius 1 is 1.15 bits per heavy atom. The lowest BCUT2D eigenvalue weighted by molar-refractivity contribution is 0.0534. The average molecular weight is 373 g/mol. The van der Waals surface area contributed by atoms with Gasteiger partial charge in [0.25, 0.3) is 0 Å². The van der Waals surface area contributed by atoms with E-state index < -0.39 is 0 Å². The molecule has 1 aliphatic rings. The summed E-state index contributed by atoms with van der Waals surface area (Å²) < 4.78 is 19.0. The third kappa shape index (κ3) is 5.45. The molecule has 148 valence electrons. The Balaban J connectivity index is 1.67. The standard InChI is InChI=1S/C21H31N3O3/c1-5-26-17-8-10-18(11-9-17)27-15-19-22-20(24(23-19)21(2,3)4)13-16-7-6-12-25-14-16/h8-11,16H,5-7,12-15H2,1-4H3/t16-/m1/s1. The molecule has 2 aromatic rings. The Kier molecular flexibility index (Phi) is 6.37. The van der Waals surface area contributed by atoms with E-state index in [0.29, 0.717) is 25.0 Å². The first-order valence-corrected chi connectivity index (χ1v) is 9.84. The van der Waals surface area contributed by atoms with Crippen molar-refractivity contribution in [3.05, 3.63) is 35.9 Å². The van der Waals surface area contributed by atoms with E-state index in [4.69, 9.17) is 24.3 Å². The van der Waals surface area contributed by atoms with Crippen molar-refractivity contribution in [3.8, 4) is 11.5 Å². The molecule has 1 aliphatic heterocycles. The molecule has 0 N–H and O–H groups in total. The van der Waals surface area contributed by atoms with Crippen LogP contribution in [0.15, 0.2) is 24.3 Å². The molecule has 1 aromatic carbocycles. The number of rotatable bonds is 7. The summed E-state index contributed by atoms with van der Waals surface area (Å²) in [4.78, 5) is 4.78. The number of aromatic nitrogens is 3. The fourth-order valence-corrected chi connectivity index (χ4v) is 3.30. The topological polar surface area (TPSA) is 58.4 Å². The molecule has 1 aromatic heterocycles. The SMILES string of the molecule is CCOc1ccc(OCc2nc(C[C@H]3CCCOC3)n(C(C)(C)C)n2)cc1. The average Bonchev–Trinajstić information content (AvgIpc) is 3.05. The van der Waals surface area contributed by atoms with Gasteiger partial charge in [-0.1, -0.05) is 0 Å². The van der Waals surface area contributed by atoms with Gasteiger partial charge >= 0.3 is 0 Å². The Labute approximate surface area is 161 Å². The van der Waals surface area contributed by atoms with Gasteiger partial charge in [-0.05, 0) is 70.7 Å². The summed E-state index contributed by atoms with van der Waals surface area (Å²) in [6.07, 6.45) is 3.21. The molecule has 1 atom stereocenters. The van der Waals surface area contributed by atoms with E-state index in [1.165, 1.54) is 6.42 Å². The van der Waals surface area contributed by atoms with Crippen LogP contribution < -0.4 is 9.47 Å². The van der Waals surface area contributed by atoms with Crippen LogP contribution in [-0.4, -0.2) is 34.6 Å². The van der Waals surface area contributed by atoms with E-state index in [-0.39, 0.29) is 5.54 Å². The van der Waals surface area contributed by atoms with Gasteiger partial charge in [-0.3, -0.25) is 0 Å². The number of ether oxygens (including phenoxy) is 3. The van der Waals surface area contributed by atoms with Crippen molar-refractivity contribution >= 4 is 0 Å². The lowest BCUT2D eigenvalue weighted by Crippen LogP contribution is -2.28. The minimum atomic E-state index is -0.116. The third-order valence-electron chi connectivity index (χ3n) is 4.58. The summed E-state index contributed by atoms with van der Waals surface area (Å²) in [6.45, 7) is 11.1. The van der Waals surface area contributed by atoms with Crippen molar-refractivity contribution in [2.45, 2.75) is 59.1 Å². The Bertz CT molecular complexity index is 713. The van der Waals surface area contributed by atoms with Crippen molar-refractivity contribution in [1.29, 1.82) is 0 Å². The second kappa shape index (κ2) is 8.74. The number of benzene rings is 1. The summed E-state index contributed by atoms with van der Waals surface area (Å²) in [7, 11) is 0. The lowest BCUT2D eigenvalue weighted by atomic mass is 9.98. The maximum Gasteiger partial charge on any atom is 0.188 e. The molecule has 3 rings (SSSR count). The van der Waals surface area contributed by atoms with Gasteiger partial charge in [0, 0.05) is 19.6 Å². The number of hydrogen-bond donors (Lipinski definition) is 0. The van der Waals surface area contributed by atoms with Crippen molar-refractivity contribution in [2.75, 3.05) is 19.8 Å². The minimum Gasteiger partial charge on any atom is -0.494 e. The summed E-state index contributed by atoms with van der Waals surface area (Å²) in [5, 5.41) is 4.72. The van der Waals surface area contributed by atoms with Gasteiger partial charge in [0.15, 0.2) is 5.82 Å². The van der Waals surface area contributed by atoms with E-state index in [1.807, 2.05) is 35.9 Å². The van der Waals surface area contributed by atoms with Crippen LogP contribution in [0.25, 0.3) is 0 Å². The van der Waals surface area contributed by atoms with Crippen molar-refractivity contribution in [2.24, 2.45) is 5.92 Å². The van der Waals surface area contributed by atoms with Crippen LogP contribution in [0.3, 0.4) is 0 Å². The Hall–Kier alpha value is -2.08. The zero-order chi connectivity index (χ0) is 19.3. The van der Waals surface area contributed by atoms with Crippen molar-refractivity contribution in [1.82, 2.24) is 14.8 Å². The third-order valence-corrected chi connectivity index (χ3v) is 4.58. The molecule has 6 nitrogen and oxygen atoms in total. The first-order valence-electron chi connectivity index (χ1n) is 9.84. The summed E-state index contributed by atoms with van der Waals surface area (Å²) in [6, 6.07) is 7.64. The molecule has 6 heteroatoms. The highest BCUT2D eigenvalue weighted by molar-refractivity contribution is 5.31. The highest BCUT2D eigenvalue weighted by Crippen LogP contribution is 2.23. The molecule has 0 amide bonds. The van der Waals surface area contributed by atoms with Gasteiger partial charge in [0.2, 0.25) is 0 Å². The second-order valence-electron chi connectivity index (χ2n) is 8.01. The minimum absolute atomic E-state index is 0.116. The predicted molar refractivity (Wildman–Crippen MR) is 104 cm³/mol. The fourth-order valence-electron chi connectivity index (χ4n) is 3.30. The maximum atomic E-state index is 5.88. The van der Waals surface area contributed by atoms with Crippen LogP contribution >= 0.6 is 0 Å². The van der Waals surface area contributed by atoms with Gasteiger partial charge in [-0.2, -0.15) is 5.10 Å². The van der Waals surface area contributed by atoms with Crippen LogP contribution in [-0.2, 0) is 23.3 Å². The van der Waals surface area contributed by atoms with E-state index in [2.05, 4.69) is 20.8 Å². The van der Waals surface area contributed by atoms with Crippen LogP contribution in [0, 0.1) is 5.92 Å². The Morgan fingerprint density at radius 3 is 2.44 bits per heavy atom. The summed E-state index contributed by atoms with van der Waals surface area (Å²) >= 11 is 0. The number of nitrogens with zero attached hydrogens (tertiary/aromatic N) is 3. The highest BCUT2D eigenvalue weighted by atomic mass is 16.5. The van der Waals surface area contributed by atoms with E-state index in [0.717, 1.165) is 43.4 Å². The zero-order valence-electron chi connectivity index (χ0n) is 16.9. The molecule has 0 unspecified atom stereocenters. The molecule has 0 saturated carbocycles. The van der Waals surface area contributed by atoms with Gasteiger partial charge in [0.1, 0.15) is 23.9 Å². The van der Waals surface area contributed by atoms with E-state index >= 15 is 0 Å². The lowest BCUT2D eigenvalue weighted by Gasteiger charge is -2.25. The van der Waals surface area contributed by atoms with Crippen molar-refractivity contribution < 1.29 is 14.2 Å². The summed E-state index contributed by atoms with van der Waals surface area (Å²) in [5.74, 6) is 3.88. The van der Waals surface area contributed by atoms with Crippen LogP contribution in [0.5, 0.6) is 11.5 Å². The molecule has 0 bridgehead atoms. The quantitative estimate of drug-likeness (QED) is 0.735. The molecular weight excluding hydrogens is 342 g/mol. The molecule has 27 heavy (non-hydrogen) atoms. The largest absolute Gasteiger partial charge is 0.494 e. The second-order valence-corrected chi connectivity index (χ2v) is 8.01. The van der Waals surface area contributed by atoms with E-state index in [1.54, 1.807) is 0 Å². The molecule has 1 fully saturated rings. The predicted octanol–water partition coefficient (Wildman–Crippen LogP) is 3.98. The van der Waals surface area contributed by atoms with Gasteiger partial charge in [0.05, 0.1) is 12.1 Å². The van der Waals surface area contributed by atoms with Crippen LogP contribution in [0.4, 0.5) is 0 Å². The van der Waals surface area contributed by atoms with Gasteiger partial charge in [-0.25, -0.2) is 9.67 Å². The summed E-state index contributed by atoms with van der Waals surface area (Å²) in [5.41, 5.74) is -0.116. The molecule has 0 aliphatic carbocycles. The molecule has 2 heterocycles. The maximum absolute atomic E-state index is 5.88. The van der Waals surface area contributed by atoms with Crippen LogP contribution in [0.1, 0.15) is 52.2 Å². The normalized spacial score (nSPS) is 17.7. The molecule has 0 radical (unpaired) electrons. The molecule has 1 saturated heterocycles. The van der Waals surface area contributed by atoms with Crippen LogP contribution in [0.2, 0.25) is 0 Å². The number of hydrogen-bond acceptors (Lipinski definition) is 5. The Morgan fingerprint density at radius 2 is 1.85 bits per heavy atom. The molecular formula is C21H31N3O3. The fraction of sp³-hybridized carbons (Fsp3) is 0.619. The monoisotopic (exact) mass is 373 g/mol. The van der Waals surface area contributed by atoms with Crippen molar-refractivity contribution in [3.63, 3.8) is 0 Å². The van der Waals surface area contributed by atoms with Gasteiger partial charge < -0.3 is 14.2 Å². The first-order chi connectivity index (χ1) is 13.0. The van der Waals surface area contributed by atoms with Gasteiger partial charge in [-0.15, -0.1) is 0 Å². The van der Waals surface area contributed by atoms with E-state index in [9.17, 15) is 0 Å². The zero-order valence-corrected chi connectivity index (χ0v) is 16.9. The molecule has 0 spiro atoms. The highest BCUT2D eigenvalue weighted by Gasteiger charge is 2.24.